The second-order valence-corrected chi connectivity index (χ2v) is 8.24. The van der Waals surface area contributed by atoms with E-state index in [0.717, 1.165) is 29.5 Å². The van der Waals surface area contributed by atoms with Gasteiger partial charge in [0.05, 0.1) is 14.2 Å². The number of ether oxygens (including phenoxy) is 2. The smallest absolute Gasteiger partial charge is 0.300 e. The van der Waals surface area contributed by atoms with Crippen molar-refractivity contribution in [2.45, 2.75) is 44.5 Å². The second-order valence-electron chi connectivity index (χ2n) is 8.24. The molecule has 1 aliphatic rings. The molecule has 0 heterocycles. The first kappa shape index (κ1) is 23.1. The van der Waals surface area contributed by atoms with Gasteiger partial charge in [-0.25, -0.2) is 0 Å². The molecule has 0 fully saturated rings. The van der Waals surface area contributed by atoms with Gasteiger partial charge in [-0.3, -0.25) is 0 Å². The Morgan fingerprint density at radius 1 is 1.00 bits per heavy atom. The lowest BCUT2D eigenvalue weighted by molar-refractivity contribution is -0.284. The van der Waals surface area contributed by atoms with Crippen LogP contribution in [0.4, 0.5) is 0 Å². The molecule has 2 unspecified atom stereocenters. The van der Waals surface area contributed by atoms with Crippen molar-refractivity contribution < 1.29 is 24.8 Å². The molecule has 0 saturated heterocycles. The quantitative estimate of drug-likeness (QED) is 0.439. The summed E-state index contributed by atoms with van der Waals surface area (Å²) in [5.41, 5.74) is 4.33. The van der Waals surface area contributed by atoms with E-state index >= 15 is 0 Å². The fourth-order valence-electron chi connectivity index (χ4n) is 4.42. The number of methoxy groups -OCH3 is 2. The Balaban J connectivity index is 2.02. The van der Waals surface area contributed by atoms with Crippen LogP contribution >= 0.6 is 0 Å². The number of allylic oxidation sites excluding steroid dienone is 2. The van der Waals surface area contributed by atoms with Crippen molar-refractivity contribution in [3.63, 3.8) is 0 Å². The minimum absolute atomic E-state index is 0.0593. The van der Waals surface area contributed by atoms with Crippen molar-refractivity contribution in [2.24, 2.45) is 5.92 Å². The first-order chi connectivity index (χ1) is 14.7. The number of hydrogen-bond acceptors (Lipinski definition) is 5. The maximum Gasteiger partial charge on any atom is 0.300 e. The summed E-state index contributed by atoms with van der Waals surface area (Å²) in [5, 5.41) is 29.3. The van der Waals surface area contributed by atoms with Crippen LogP contribution in [-0.4, -0.2) is 35.5 Å². The molecular formula is C26H32O5. The van der Waals surface area contributed by atoms with Crippen LogP contribution in [0.3, 0.4) is 0 Å². The Hall–Kier alpha value is -2.60. The number of hydrogen-bond donors (Lipinski definition) is 3. The molecule has 0 aliphatic heterocycles. The summed E-state index contributed by atoms with van der Waals surface area (Å²) in [5.74, 6) is -1.69. The van der Waals surface area contributed by atoms with Gasteiger partial charge in [0.1, 0.15) is 11.5 Å². The van der Waals surface area contributed by atoms with Gasteiger partial charge >= 0.3 is 0 Å². The van der Waals surface area contributed by atoms with Crippen LogP contribution in [0.25, 0.3) is 0 Å². The molecule has 5 nitrogen and oxygen atoms in total. The maximum absolute atomic E-state index is 9.77. The topological polar surface area (TPSA) is 79.2 Å². The highest BCUT2D eigenvalue weighted by Gasteiger charge is 2.36. The summed E-state index contributed by atoms with van der Waals surface area (Å²) in [7, 11) is 3.24. The third kappa shape index (κ3) is 5.37. The highest BCUT2D eigenvalue weighted by molar-refractivity contribution is 5.53. The average molecular weight is 425 g/mol. The van der Waals surface area contributed by atoms with E-state index in [1.807, 2.05) is 37.3 Å². The summed E-state index contributed by atoms with van der Waals surface area (Å²) in [4.78, 5) is 0. The molecule has 0 aromatic heterocycles. The monoisotopic (exact) mass is 424 g/mol. The minimum Gasteiger partial charge on any atom is -0.496 e. The summed E-state index contributed by atoms with van der Waals surface area (Å²) >= 11 is 0. The van der Waals surface area contributed by atoms with Gasteiger partial charge in [-0.2, -0.15) is 0 Å². The molecule has 0 amide bonds. The number of aliphatic hydroxyl groups is 3. The molecule has 0 saturated carbocycles. The molecule has 166 valence electrons. The van der Waals surface area contributed by atoms with Crippen molar-refractivity contribution in [3.05, 3.63) is 83.0 Å². The standard InChI is InChI=1S/C26H32O5/c1-17(2)21-13-12-20(26(27,28)29)16-22(21)25-23(30-3)14-19(15-24(25)31-4)11-10-18-8-6-5-7-9-18/h5-9,14-16,21-22,27-29H,1,10-13H2,2-4H3. The largest absolute Gasteiger partial charge is 0.496 e. The van der Waals surface area contributed by atoms with E-state index in [1.54, 1.807) is 20.3 Å². The predicted octanol–water partition coefficient (Wildman–Crippen LogP) is 4.12. The third-order valence-electron chi connectivity index (χ3n) is 6.08. The lowest BCUT2D eigenvalue weighted by atomic mass is 9.73. The van der Waals surface area contributed by atoms with E-state index < -0.39 is 5.97 Å². The van der Waals surface area contributed by atoms with Crippen molar-refractivity contribution in [1.82, 2.24) is 0 Å². The molecule has 0 bridgehead atoms. The van der Waals surface area contributed by atoms with E-state index in [2.05, 4.69) is 18.7 Å². The lowest BCUT2D eigenvalue weighted by Crippen LogP contribution is -2.33. The van der Waals surface area contributed by atoms with Crippen LogP contribution in [-0.2, 0) is 12.8 Å². The minimum atomic E-state index is -2.84. The van der Waals surface area contributed by atoms with E-state index in [0.29, 0.717) is 24.3 Å². The maximum atomic E-state index is 9.77. The Bertz CT molecular complexity index is 915. The summed E-state index contributed by atoms with van der Waals surface area (Å²) in [6.45, 7) is 6.10. The van der Waals surface area contributed by atoms with Crippen LogP contribution in [0.2, 0.25) is 0 Å². The first-order valence-electron chi connectivity index (χ1n) is 10.6. The lowest BCUT2D eigenvalue weighted by Gasteiger charge is -2.34. The van der Waals surface area contributed by atoms with Gasteiger partial charge in [0.2, 0.25) is 0 Å². The zero-order valence-electron chi connectivity index (χ0n) is 18.5. The van der Waals surface area contributed by atoms with Gasteiger partial charge in [-0.1, -0.05) is 48.6 Å². The van der Waals surface area contributed by atoms with E-state index in [-0.39, 0.29) is 17.4 Å². The summed E-state index contributed by atoms with van der Waals surface area (Å²) in [6.07, 6.45) is 4.46. The van der Waals surface area contributed by atoms with Crippen molar-refractivity contribution in [3.8, 4) is 11.5 Å². The van der Waals surface area contributed by atoms with Gasteiger partial charge in [0, 0.05) is 17.1 Å². The Labute approximate surface area is 184 Å². The molecule has 2 atom stereocenters. The van der Waals surface area contributed by atoms with E-state index in [9.17, 15) is 15.3 Å². The van der Waals surface area contributed by atoms with Gasteiger partial charge in [0.15, 0.2) is 0 Å². The van der Waals surface area contributed by atoms with Crippen LogP contribution in [0.1, 0.15) is 42.4 Å². The second kappa shape index (κ2) is 9.69. The van der Waals surface area contributed by atoms with Crippen molar-refractivity contribution >= 4 is 0 Å². The molecule has 0 spiro atoms. The zero-order chi connectivity index (χ0) is 22.6. The highest BCUT2D eigenvalue weighted by atomic mass is 16.7. The van der Waals surface area contributed by atoms with Crippen LogP contribution in [0, 0.1) is 5.92 Å². The fraction of sp³-hybridized carbons (Fsp3) is 0.385. The van der Waals surface area contributed by atoms with Gasteiger partial charge in [-0.05, 0) is 61.8 Å². The van der Waals surface area contributed by atoms with Crippen molar-refractivity contribution in [2.75, 3.05) is 14.2 Å². The molecular weight excluding hydrogens is 392 g/mol. The van der Waals surface area contributed by atoms with Gasteiger partial charge in [0.25, 0.3) is 5.97 Å². The normalized spacial score (nSPS) is 19.0. The molecule has 0 radical (unpaired) electrons. The summed E-state index contributed by atoms with van der Waals surface area (Å²) < 4.78 is 11.5. The number of aryl methyl sites for hydroxylation is 2. The highest BCUT2D eigenvalue weighted by Crippen LogP contribution is 2.48. The number of benzene rings is 2. The molecule has 2 aromatic rings. The number of rotatable bonds is 8. The van der Waals surface area contributed by atoms with Crippen molar-refractivity contribution in [1.29, 1.82) is 0 Å². The zero-order valence-corrected chi connectivity index (χ0v) is 18.5. The Morgan fingerprint density at radius 2 is 1.58 bits per heavy atom. The molecule has 1 aliphatic carbocycles. The Morgan fingerprint density at radius 3 is 2.10 bits per heavy atom. The third-order valence-corrected chi connectivity index (χ3v) is 6.08. The predicted molar refractivity (Wildman–Crippen MR) is 121 cm³/mol. The van der Waals surface area contributed by atoms with E-state index in [1.165, 1.54) is 5.56 Å². The van der Waals surface area contributed by atoms with Gasteiger partial charge in [-0.15, -0.1) is 0 Å². The van der Waals surface area contributed by atoms with Gasteiger partial charge < -0.3 is 24.8 Å². The fourth-order valence-corrected chi connectivity index (χ4v) is 4.42. The first-order valence-corrected chi connectivity index (χ1v) is 10.6. The molecule has 2 aromatic carbocycles. The van der Waals surface area contributed by atoms with Crippen LogP contribution < -0.4 is 9.47 Å². The molecule has 3 rings (SSSR count). The van der Waals surface area contributed by atoms with Crippen LogP contribution in [0.5, 0.6) is 11.5 Å². The Kier molecular flexibility index (Phi) is 7.21. The summed E-state index contributed by atoms with van der Waals surface area (Å²) in [6, 6.07) is 14.3. The SMILES string of the molecule is C=C(C)C1CCC(C(O)(O)O)=CC1c1c(OC)cc(CCc2ccccc2)cc1OC. The molecule has 5 heteroatoms. The molecule has 31 heavy (non-hydrogen) atoms. The average Bonchev–Trinajstić information content (AvgIpc) is 2.76. The van der Waals surface area contributed by atoms with Crippen LogP contribution in [0.15, 0.2) is 66.3 Å². The molecule has 3 N–H and O–H groups in total. The van der Waals surface area contributed by atoms with E-state index in [4.69, 9.17) is 9.47 Å².